The molecule has 0 aromatic rings. The lowest BCUT2D eigenvalue weighted by molar-refractivity contribution is -0.146. The van der Waals surface area contributed by atoms with E-state index < -0.39 is 12.0 Å². The van der Waals surface area contributed by atoms with Gasteiger partial charge in [0, 0.05) is 13.0 Å². The van der Waals surface area contributed by atoms with Gasteiger partial charge in [-0.05, 0) is 18.8 Å². The van der Waals surface area contributed by atoms with Crippen LogP contribution < -0.4 is 5.32 Å². The lowest BCUT2D eigenvalue weighted by Gasteiger charge is -2.28. The van der Waals surface area contributed by atoms with E-state index in [1.165, 1.54) is 11.8 Å². The van der Waals surface area contributed by atoms with Gasteiger partial charge in [-0.2, -0.15) is 0 Å². The third kappa shape index (κ3) is 4.01. The molecule has 0 spiro atoms. The molecule has 1 aliphatic carbocycles. The smallest absolute Gasteiger partial charge is 0.323 e. The van der Waals surface area contributed by atoms with Crippen molar-refractivity contribution in [2.75, 3.05) is 6.54 Å². The van der Waals surface area contributed by atoms with Gasteiger partial charge < -0.3 is 15.3 Å². The molecule has 1 rings (SSSR count). The maximum absolute atomic E-state index is 12.3. The van der Waals surface area contributed by atoms with E-state index in [2.05, 4.69) is 5.32 Å². The molecule has 6 nitrogen and oxygen atoms in total. The van der Waals surface area contributed by atoms with Crippen molar-refractivity contribution in [2.45, 2.75) is 45.7 Å². The van der Waals surface area contributed by atoms with Crippen LogP contribution in [-0.4, -0.2) is 46.4 Å². The van der Waals surface area contributed by atoms with Gasteiger partial charge in [0.1, 0.15) is 12.6 Å². The summed E-state index contributed by atoms with van der Waals surface area (Å²) in [6.45, 7) is 4.70. The Kier molecular flexibility index (Phi) is 4.69. The summed E-state index contributed by atoms with van der Waals surface area (Å²) in [7, 11) is 0. The molecule has 1 aliphatic rings. The minimum absolute atomic E-state index is 0.0172. The Bertz CT molecular complexity index is 326. The van der Waals surface area contributed by atoms with E-state index in [1.807, 2.05) is 13.8 Å². The van der Waals surface area contributed by atoms with E-state index in [0.717, 1.165) is 12.8 Å². The monoisotopic (exact) mass is 256 g/mol. The van der Waals surface area contributed by atoms with Crippen molar-refractivity contribution in [3.05, 3.63) is 0 Å². The van der Waals surface area contributed by atoms with E-state index >= 15 is 0 Å². The summed E-state index contributed by atoms with van der Waals surface area (Å²) >= 11 is 0. The molecular weight excluding hydrogens is 236 g/mol. The molecule has 0 aliphatic heterocycles. The molecule has 2 amide bonds. The van der Waals surface area contributed by atoms with E-state index in [1.54, 1.807) is 0 Å². The summed E-state index contributed by atoms with van der Waals surface area (Å²) in [6, 6.07) is -0.633. The second kappa shape index (κ2) is 5.84. The Morgan fingerprint density at radius 1 is 1.33 bits per heavy atom. The molecule has 0 bridgehead atoms. The van der Waals surface area contributed by atoms with Gasteiger partial charge in [0.15, 0.2) is 0 Å². The van der Waals surface area contributed by atoms with Crippen LogP contribution in [0.15, 0.2) is 0 Å². The number of nitrogens with zero attached hydrogens (tertiary/aromatic N) is 1. The average molecular weight is 256 g/mol. The predicted molar refractivity (Wildman–Crippen MR) is 64.8 cm³/mol. The van der Waals surface area contributed by atoms with Gasteiger partial charge in [0.05, 0.1) is 0 Å². The number of carboxylic acids is 1. The number of amides is 2. The molecule has 102 valence electrons. The van der Waals surface area contributed by atoms with Gasteiger partial charge in [-0.3, -0.25) is 14.4 Å². The van der Waals surface area contributed by atoms with Crippen LogP contribution in [0.1, 0.15) is 33.6 Å². The van der Waals surface area contributed by atoms with Crippen molar-refractivity contribution in [1.82, 2.24) is 10.2 Å². The fourth-order valence-electron chi connectivity index (χ4n) is 1.83. The number of nitrogens with one attached hydrogen (secondary N) is 1. The highest BCUT2D eigenvalue weighted by Crippen LogP contribution is 2.27. The van der Waals surface area contributed by atoms with Crippen molar-refractivity contribution >= 4 is 17.8 Å². The number of aliphatic carboxylic acids is 1. The maximum Gasteiger partial charge on any atom is 0.323 e. The van der Waals surface area contributed by atoms with E-state index in [-0.39, 0.29) is 30.3 Å². The molecule has 1 unspecified atom stereocenters. The first-order valence-corrected chi connectivity index (χ1v) is 6.12. The first-order chi connectivity index (χ1) is 8.32. The number of carbonyl (C=O) groups excluding carboxylic acids is 2. The normalized spacial score (nSPS) is 16.2. The third-order valence-electron chi connectivity index (χ3n) is 2.87. The fraction of sp³-hybridized carbons (Fsp3) is 0.750. The number of carboxylic acid groups (broad SMARTS) is 1. The Balaban J connectivity index is 2.77. The first-order valence-electron chi connectivity index (χ1n) is 6.12. The molecule has 0 saturated heterocycles. The van der Waals surface area contributed by atoms with Crippen LogP contribution in [0, 0.1) is 5.92 Å². The van der Waals surface area contributed by atoms with Crippen molar-refractivity contribution in [2.24, 2.45) is 5.92 Å². The molecule has 1 fully saturated rings. The second-order valence-electron chi connectivity index (χ2n) is 5.01. The van der Waals surface area contributed by atoms with Gasteiger partial charge >= 0.3 is 5.97 Å². The highest BCUT2D eigenvalue weighted by atomic mass is 16.4. The van der Waals surface area contributed by atoms with Gasteiger partial charge in [-0.1, -0.05) is 13.8 Å². The largest absolute Gasteiger partial charge is 0.480 e. The van der Waals surface area contributed by atoms with Crippen LogP contribution in [0.25, 0.3) is 0 Å². The summed E-state index contributed by atoms with van der Waals surface area (Å²) in [4.78, 5) is 35.5. The molecule has 0 heterocycles. The molecule has 1 saturated carbocycles. The molecule has 0 aromatic heterocycles. The zero-order valence-electron chi connectivity index (χ0n) is 11.0. The maximum atomic E-state index is 12.3. The van der Waals surface area contributed by atoms with Gasteiger partial charge in [-0.25, -0.2) is 0 Å². The first kappa shape index (κ1) is 14.5. The summed E-state index contributed by atoms with van der Waals surface area (Å²) in [5, 5.41) is 11.4. The quantitative estimate of drug-likeness (QED) is 0.712. The summed E-state index contributed by atoms with van der Waals surface area (Å²) in [5.41, 5.74) is 0. The molecule has 0 radical (unpaired) electrons. The minimum atomic E-state index is -1.03. The van der Waals surface area contributed by atoms with Crippen molar-refractivity contribution < 1.29 is 19.5 Å². The Morgan fingerprint density at radius 2 is 1.89 bits per heavy atom. The standard InChI is InChI=1S/C12H20N2O4/c1-7(2)11(13-8(3)15)12(18)14(6-10(16)17)9-4-5-9/h7,9,11H,4-6H2,1-3H3,(H,13,15)(H,16,17). The SMILES string of the molecule is CC(=O)NC(C(=O)N(CC(=O)O)C1CC1)C(C)C. The lowest BCUT2D eigenvalue weighted by Crippen LogP contribution is -2.52. The topological polar surface area (TPSA) is 86.7 Å². The van der Waals surface area contributed by atoms with Crippen LogP contribution in [0.3, 0.4) is 0 Å². The summed E-state index contributed by atoms with van der Waals surface area (Å²) < 4.78 is 0. The summed E-state index contributed by atoms with van der Waals surface area (Å²) in [5.74, 6) is -1.68. The number of hydrogen-bond acceptors (Lipinski definition) is 3. The molecular formula is C12H20N2O4. The third-order valence-corrected chi connectivity index (χ3v) is 2.87. The number of carbonyl (C=O) groups is 3. The fourth-order valence-corrected chi connectivity index (χ4v) is 1.83. The molecule has 2 N–H and O–H groups in total. The van der Waals surface area contributed by atoms with Crippen LogP contribution in [0.4, 0.5) is 0 Å². The zero-order valence-corrected chi connectivity index (χ0v) is 11.0. The number of rotatable bonds is 6. The molecule has 1 atom stereocenters. The minimum Gasteiger partial charge on any atom is -0.480 e. The second-order valence-corrected chi connectivity index (χ2v) is 5.01. The van der Waals surface area contributed by atoms with Gasteiger partial charge in [-0.15, -0.1) is 0 Å². The van der Waals surface area contributed by atoms with Crippen molar-refractivity contribution in [3.63, 3.8) is 0 Å². The van der Waals surface area contributed by atoms with Crippen LogP contribution in [0.2, 0.25) is 0 Å². The van der Waals surface area contributed by atoms with Crippen LogP contribution in [-0.2, 0) is 14.4 Å². The molecule has 0 aromatic carbocycles. The number of hydrogen-bond donors (Lipinski definition) is 2. The van der Waals surface area contributed by atoms with Gasteiger partial charge in [0.25, 0.3) is 0 Å². The molecule has 18 heavy (non-hydrogen) atoms. The van der Waals surface area contributed by atoms with E-state index in [0.29, 0.717) is 0 Å². The highest BCUT2D eigenvalue weighted by molar-refractivity contribution is 5.89. The van der Waals surface area contributed by atoms with Crippen molar-refractivity contribution in [3.8, 4) is 0 Å². The highest BCUT2D eigenvalue weighted by Gasteiger charge is 2.38. The predicted octanol–water partition coefficient (Wildman–Crippen LogP) is 0.223. The Morgan fingerprint density at radius 3 is 2.22 bits per heavy atom. The van der Waals surface area contributed by atoms with Crippen LogP contribution in [0.5, 0.6) is 0 Å². The molecule has 6 heteroatoms. The van der Waals surface area contributed by atoms with E-state index in [4.69, 9.17) is 5.11 Å². The zero-order chi connectivity index (χ0) is 13.9. The lowest BCUT2D eigenvalue weighted by atomic mass is 10.0. The van der Waals surface area contributed by atoms with E-state index in [9.17, 15) is 14.4 Å². The van der Waals surface area contributed by atoms with Gasteiger partial charge in [0.2, 0.25) is 11.8 Å². The van der Waals surface area contributed by atoms with Crippen LogP contribution >= 0.6 is 0 Å². The summed E-state index contributed by atoms with van der Waals surface area (Å²) in [6.07, 6.45) is 1.67. The Hall–Kier alpha value is -1.59. The van der Waals surface area contributed by atoms with Crippen molar-refractivity contribution in [1.29, 1.82) is 0 Å². The average Bonchev–Trinajstić information content (AvgIpc) is 3.04. The Labute approximate surface area is 106 Å².